The van der Waals surface area contributed by atoms with Gasteiger partial charge in [-0.2, -0.15) is 5.26 Å². The lowest BCUT2D eigenvalue weighted by atomic mass is 10.1. The zero-order chi connectivity index (χ0) is 28.5. The molecule has 0 aliphatic carbocycles. The van der Waals surface area contributed by atoms with Crippen molar-refractivity contribution >= 4 is 74.1 Å². The van der Waals surface area contributed by atoms with E-state index >= 15 is 0 Å². The Bertz CT molecular complexity index is 1510. The van der Waals surface area contributed by atoms with Gasteiger partial charge in [0.2, 0.25) is 0 Å². The van der Waals surface area contributed by atoms with E-state index in [2.05, 4.69) is 26.6 Å². The number of carbonyl (C=O) groups is 2. The maximum Gasteiger partial charge on any atom is 0.271 e. The first-order chi connectivity index (χ1) is 18.6. The minimum absolute atomic E-state index is 0.162. The maximum atomic E-state index is 12.7. The first kappa shape index (κ1) is 29.4. The van der Waals surface area contributed by atoms with E-state index < -0.39 is 16.7 Å². The molecule has 0 aromatic heterocycles. The van der Waals surface area contributed by atoms with Crippen LogP contribution in [0.2, 0.25) is 10.0 Å². The van der Waals surface area contributed by atoms with E-state index in [-0.39, 0.29) is 46.7 Å². The Balaban J connectivity index is 1.77. The monoisotopic (exact) mass is 632 g/mol. The maximum absolute atomic E-state index is 12.7. The number of benzene rings is 3. The molecule has 0 bridgehead atoms. The van der Waals surface area contributed by atoms with Crippen molar-refractivity contribution in [1.82, 2.24) is 0 Å². The minimum Gasteiger partial charge on any atom is -0.490 e. The van der Waals surface area contributed by atoms with E-state index in [1.807, 2.05) is 6.07 Å². The van der Waals surface area contributed by atoms with Crippen molar-refractivity contribution in [2.45, 2.75) is 6.92 Å². The summed E-state index contributed by atoms with van der Waals surface area (Å²) < 4.78 is 11.7. The van der Waals surface area contributed by atoms with Crippen molar-refractivity contribution in [2.75, 3.05) is 23.8 Å². The average Bonchev–Trinajstić information content (AvgIpc) is 2.89. The number of nitro benzene ring substituents is 1. The summed E-state index contributed by atoms with van der Waals surface area (Å²) in [6.45, 7) is 1.66. The molecule has 0 radical (unpaired) electrons. The van der Waals surface area contributed by atoms with Crippen LogP contribution in [-0.4, -0.2) is 30.0 Å². The largest absolute Gasteiger partial charge is 0.490 e. The zero-order valence-electron chi connectivity index (χ0n) is 20.2. The summed E-state index contributed by atoms with van der Waals surface area (Å²) in [5.41, 5.74) is 0.556. The van der Waals surface area contributed by atoms with Gasteiger partial charge in [-0.3, -0.25) is 19.7 Å². The van der Waals surface area contributed by atoms with Crippen molar-refractivity contribution in [3.8, 4) is 17.6 Å². The topological polar surface area (TPSA) is 144 Å². The van der Waals surface area contributed by atoms with Crippen LogP contribution in [0.1, 0.15) is 12.5 Å². The lowest BCUT2D eigenvalue weighted by Gasteiger charge is -2.15. The summed E-state index contributed by atoms with van der Waals surface area (Å²) in [7, 11) is 0. The highest BCUT2D eigenvalue weighted by Crippen LogP contribution is 2.37. The number of amides is 2. The molecular formula is C26H19BrCl2N4O6. The molecule has 3 aromatic rings. The minimum atomic E-state index is -0.758. The molecule has 0 aliphatic heterocycles. The second kappa shape index (κ2) is 13.6. The molecule has 0 heterocycles. The van der Waals surface area contributed by atoms with Crippen LogP contribution in [0.15, 0.2) is 64.6 Å². The molecule has 13 heteroatoms. The van der Waals surface area contributed by atoms with E-state index in [0.717, 1.165) is 0 Å². The summed E-state index contributed by atoms with van der Waals surface area (Å²) in [5, 5.41) is 26.3. The number of nitriles is 1. The van der Waals surface area contributed by atoms with Gasteiger partial charge in [0.05, 0.1) is 26.0 Å². The van der Waals surface area contributed by atoms with E-state index in [0.29, 0.717) is 20.7 Å². The molecular weight excluding hydrogens is 615 g/mol. The zero-order valence-corrected chi connectivity index (χ0v) is 23.3. The van der Waals surface area contributed by atoms with Crippen molar-refractivity contribution < 1.29 is 24.0 Å². The van der Waals surface area contributed by atoms with Gasteiger partial charge in [-0.15, -0.1) is 0 Å². The fourth-order valence-corrected chi connectivity index (χ4v) is 4.07. The molecule has 0 fully saturated rings. The number of nitro groups is 1. The number of non-ortho nitro benzene ring substituents is 1. The highest BCUT2D eigenvalue weighted by molar-refractivity contribution is 9.10. The molecule has 0 saturated carbocycles. The molecule has 39 heavy (non-hydrogen) atoms. The normalized spacial score (nSPS) is 10.8. The van der Waals surface area contributed by atoms with Crippen LogP contribution in [0, 0.1) is 21.4 Å². The third-order valence-corrected chi connectivity index (χ3v) is 6.20. The number of ether oxygens (including phenoxy) is 2. The van der Waals surface area contributed by atoms with Gasteiger partial charge < -0.3 is 20.1 Å². The van der Waals surface area contributed by atoms with Gasteiger partial charge in [-0.05, 0) is 70.9 Å². The third kappa shape index (κ3) is 8.19. The molecule has 0 unspecified atom stereocenters. The summed E-state index contributed by atoms with van der Waals surface area (Å²) in [4.78, 5) is 35.4. The van der Waals surface area contributed by atoms with E-state index in [1.165, 1.54) is 36.4 Å². The second-order valence-electron chi connectivity index (χ2n) is 7.66. The van der Waals surface area contributed by atoms with Crippen LogP contribution in [-0.2, 0) is 9.59 Å². The Morgan fingerprint density at radius 2 is 1.82 bits per heavy atom. The van der Waals surface area contributed by atoms with Crippen LogP contribution in [0.3, 0.4) is 0 Å². The number of hydrogen-bond donors (Lipinski definition) is 2. The summed E-state index contributed by atoms with van der Waals surface area (Å²) in [6.07, 6.45) is 1.32. The highest BCUT2D eigenvalue weighted by Gasteiger charge is 2.17. The number of nitrogens with one attached hydrogen (secondary N) is 2. The number of carbonyl (C=O) groups excluding carboxylic acids is 2. The third-order valence-electron chi connectivity index (χ3n) is 4.87. The quantitative estimate of drug-likeness (QED) is 0.110. The van der Waals surface area contributed by atoms with Crippen molar-refractivity contribution in [1.29, 1.82) is 5.26 Å². The SMILES string of the molecule is CCOc1cc(/C=C(/C#N)C(=O)Nc2cccc([N+](=O)[O-])c2)cc(Br)c1OCC(=O)Nc1ccc(Cl)c(Cl)c1. The number of nitrogens with zero attached hydrogens (tertiary/aromatic N) is 2. The van der Waals surface area contributed by atoms with Crippen molar-refractivity contribution in [2.24, 2.45) is 0 Å². The molecule has 0 aliphatic rings. The smallest absolute Gasteiger partial charge is 0.271 e. The molecule has 2 amide bonds. The molecule has 3 rings (SSSR count). The summed E-state index contributed by atoms with van der Waals surface area (Å²) in [5.74, 6) is -0.725. The standard InChI is InChI=1S/C26H19BrCl2N4O6/c1-2-38-23-10-15(8-16(13-30)26(35)32-17-4-3-5-19(11-17)33(36)37)9-20(27)25(23)39-14-24(34)31-18-6-7-21(28)22(29)12-18/h3-12H,2,14H2,1H3,(H,31,34)(H,32,35)/b16-8-. The lowest BCUT2D eigenvalue weighted by molar-refractivity contribution is -0.384. The predicted octanol–water partition coefficient (Wildman–Crippen LogP) is 6.63. The Labute approximate surface area is 241 Å². The Hall–Kier alpha value is -4.11. The van der Waals surface area contributed by atoms with E-state index in [4.69, 9.17) is 32.7 Å². The van der Waals surface area contributed by atoms with Gasteiger partial charge in [-0.1, -0.05) is 29.3 Å². The van der Waals surface area contributed by atoms with Crippen LogP contribution in [0.25, 0.3) is 6.08 Å². The number of hydrogen-bond acceptors (Lipinski definition) is 7. The van der Waals surface area contributed by atoms with E-state index in [9.17, 15) is 25.0 Å². The summed E-state index contributed by atoms with van der Waals surface area (Å²) in [6, 6.07) is 14.9. The molecule has 0 spiro atoms. The predicted molar refractivity (Wildman–Crippen MR) is 151 cm³/mol. The number of rotatable bonds is 10. The Kier molecular flexibility index (Phi) is 10.3. The summed E-state index contributed by atoms with van der Waals surface area (Å²) >= 11 is 15.2. The van der Waals surface area contributed by atoms with Crippen molar-refractivity contribution in [3.05, 3.63) is 90.4 Å². The van der Waals surface area contributed by atoms with Crippen LogP contribution in [0.4, 0.5) is 17.1 Å². The first-order valence-electron chi connectivity index (χ1n) is 11.1. The van der Waals surface area contributed by atoms with Gasteiger partial charge in [0, 0.05) is 23.5 Å². The Morgan fingerprint density at radius 1 is 1.08 bits per heavy atom. The fourth-order valence-electron chi connectivity index (χ4n) is 3.19. The van der Waals surface area contributed by atoms with Gasteiger partial charge >= 0.3 is 0 Å². The highest BCUT2D eigenvalue weighted by atomic mass is 79.9. The number of halogens is 3. The number of anilines is 2. The molecule has 0 saturated heterocycles. The first-order valence-corrected chi connectivity index (χ1v) is 12.7. The van der Waals surface area contributed by atoms with Gasteiger partial charge in [-0.25, -0.2) is 0 Å². The molecule has 200 valence electrons. The Morgan fingerprint density at radius 3 is 2.49 bits per heavy atom. The van der Waals surface area contributed by atoms with E-state index in [1.54, 1.807) is 31.2 Å². The van der Waals surface area contributed by atoms with Gasteiger partial charge in [0.1, 0.15) is 11.6 Å². The molecule has 0 atom stereocenters. The van der Waals surface area contributed by atoms with Gasteiger partial charge in [0.25, 0.3) is 17.5 Å². The average molecular weight is 634 g/mol. The second-order valence-corrected chi connectivity index (χ2v) is 9.33. The molecule has 10 nitrogen and oxygen atoms in total. The molecule has 2 N–H and O–H groups in total. The van der Waals surface area contributed by atoms with Crippen LogP contribution >= 0.6 is 39.1 Å². The fraction of sp³-hybridized carbons (Fsp3) is 0.115. The molecule has 3 aromatic carbocycles. The lowest BCUT2D eigenvalue weighted by Crippen LogP contribution is -2.20. The van der Waals surface area contributed by atoms with Crippen LogP contribution < -0.4 is 20.1 Å². The van der Waals surface area contributed by atoms with Gasteiger partial charge in [0.15, 0.2) is 18.1 Å². The van der Waals surface area contributed by atoms with Crippen LogP contribution in [0.5, 0.6) is 11.5 Å². The van der Waals surface area contributed by atoms with Crippen molar-refractivity contribution in [3.63, 3.8) is 0 Å².